The number of aromatic nitrogens is 1. The highest BCUT2D eigenvalue weighted by Gasteiger charge is 2.16. The van der Waals surface area contributed by atoms with Gasteiger partial charge < -0.3 is 15.0 Å². The zero-order chi connectivity index (χ0) is 19.2. The van der Waals surface area contributed by atoms with Crippen LogP contribution in [0.2, 0.25) is 0 Å². The fourth-order valence-corrected chi connectivity index (χ4v) is 3.18. The van der Waals surface area contributed by atoms with Crippen LogP contribution in [0.15, 0.2) is 60.8 Å². The standard InChI is InChI=1S/C22H25N3O2/c1-25(2)20(16-9-11-19(27-3)12-10-16)15-24-21(26)14-18-7-4-6-17-8-5-13-23-22(17)18/h4-13,20H,14-15H2,1-3H3,(H,24,26). The zero-order valence-electron chi connectivity index (χ0n) is 16.0. The molecule has 3 rings (SSSR count). The molecule has 1 atom stereocenters. The maximum absolute atomic E-state index is 12.5. The first-order valence-electron chi connectivity index (χ1n) is 8.98. The van der Waals surface area contributed by atoms with Gasteiger partial charge in [0.15, 0.2) is 0 Å². The lowest BCUT2D eigenvalue weighted by Gasteiger charge is -2.25. The molecular weight excluding hydrogens is 338 g/mol. The van der Waals surface area contributed by atoms with Gasteiger partial charge >= 0.3 is 0 Å². The third kappa shape index (κ3) is 4.63. The highest BCUT2D eigenvalue weighted by molar-refractivity contribution is 5.87. The van der Waals surface area contributed by atoms with Crippen LogP contribution >= 0.6 is 0 Å². The van der Waals surface area contributed by atoms with Gasteiger partial charge in [0.1, 0.15) is 5.75 Å². The predicted octanol–water partition coefficient (Wildman–Crippen LogP) is 3.21. The first-order chi connectivity index (χ1) is 13.1. The molecule has 1 aromatic heterocycles. The van der Waals surface area contributed by atoms with E-state index >= 15 is 0 Å². The number of amides is 1. The average Bonchev–Trinajstić information content (AvgIpc) is 2.68. The molecule has 5 heteroatoms. The number of fused-ring (bicyclic) bond motifs is 1. The predicted molar refractivity (Wildman–Crippen MR) is 108 cm³/mol. The molecule has 3 aromatic rings. The lowest BCUT2D eigenvalue weighted by Crippen LogP contribution is -2.35. The molecule has 0 bridgehead atoms. The molecule has 27 heavy (non-hydrogen) atoms. The van der Waals surface area contributed by atoms with Crippen molar-refractivity contribution in [2.75, 3.05) is 27.7 Å². The molecule has 0 aliphatic rings. The van der Waals surface area contributed by atoms with Crippen molar-refractivity contribution in [2.45, 2.75) is 12.5 Å². The average molecular weight is 363 g/mol. The highest BCUT2D eigenvalue weighted by Crippen LogP contribution is 2.21. The van der Waals surface area contributed by atoms with E-state index in [0.717, 1.165) is 27.8 Å². The maximum atomic E-state index is 12.5. The summed E-state index contributed by atoms with van der Waals surface area (Å²) < 4.78 is 5.22. The molecule has 1 amide bonds. The maximum Gasteiger partial charge on any atom is 0.224 e. The van der Waals surface area contributed by atoms with Gasteiger partial charge in [0.25, 0.3) is 0 Å². The highest BCUT2D eigenvalue weighted by atomic mass is 16.5. The van der Waals surface area contributed by atoms with Crippen LogP contribution in [0.25, 0.3) is 10.9 Å². The molecule has 1 unspecified atom stereocenters. The first-order valence-corrected chi connectivity index (χ1v) is 8.98. The number of carbonyl (C=O) groups excluding carboxylic acids is 1. The second-order valence-electron chi connectivity index (χ2n) is 6.73. The van der Waals surface area contributed by atoms with Gasteiger partial charge in [-0.2, -0.15) is 0 Å². The summed E-state index contributed by atoms with van der Waals surface area (Å²) in [5.74, 6) is 0.817. The Morgan fingerprint density at radius 3 is 2.56 bits per heavy atom. The van der Waals surface area contributed by atoms with Gasteiger partial charge in [-0.15, -0.1) is 0 Å². The molecular formula is C22H25N3O2. The van der Waals surface area contributed by atoms with Crippen molar-refractivity contribution in [3.63, 3.8) is 0 Å². The van der Waals surface area contributed by atoms with Gasteiger partial charge in [-0.05, 0) is 43.4 Å². The van der Waals surface area contributed by atoms with Gasteiger partial charge in [0.05, 0.1) is 25.1 Å². The van der Waals surface area contributed by atoms with Gasteiger partial charge in [-0.1, -0.05) is 36.4 Å². The van der Waals surface area contributed by atoms with Crippen LogP contribution in [-0.2, 0) is 11.2 Å². The molecule has 0 aliphatic carbocycles. The van der Waals surface area contributed by atoms with Crippen molar-refractivity contribution in [3.8, 4) is 5.75 Å². The summed E-state index contributed by atoms with van der Waals surface area (Å²) in [6, 6.07) is 17.9. The fraction of sp³-hybridized carbons (Fsp3) is 0.273. The Kier molecular flexibility index (Phi) is 6.04. The van der Waals surface area contributed by atoms with E-state index < -0.39 is 0 Å². The summed E-state index contributed by atoms with van der Waals surface area (Å²) in [5, 5.41) is 4.11. The Morgan fingerprint density at radius 1 is 1.11 bits per heavy atom. The SMILES string of the molecule is COc1ccc(C(CNC(=O)Cc2cccc3cccnc23)N(C)C)cc1. The number of methoxy groups -OCH3 is 1. The number of para-hydroxylation sites is 1. The second kappa shape index (κ2) is 8.64. The summed E-state index contributed by atoms with van der Waals surface area (Å²) in [6.45, 7) is 0.538. The van der Waals surface area contributed by atoms with Crippen molar-refractivity contribution in [2.24, 2.45) is 0 Å². The monoisotopic (exact) mass is 363 g/mol. The van der Waals surface area contributed by atoms with Crippen LogP contribution in [0.4, 0.5) is 0 Å². The van der Waals surface area contributed by atoms with E-state index in [1.54, 1.807) is 13.3 Å². The first kappa shape index (κ1) is 18.9. The van der Waals surface area contributed by atoms with Crippen molar-refractivity contribution < 1.29 is 9.53 Å². The number of ether oxygens (including phenoxy) is 1. The molecule has 5 nitrogen and oxygen atoms in total. The number of nitrogens with zero attached hydrogens (tertiary/aromatic N) is 2. The fourth-order valence-electron chi connectivity index (χ4n) is 3.18. The summed E-state index contributed by atoms with van der Waals surface area (Å²) in [5.41, 5.74) is 2.96. The topological polar surface area (TPSA) is 54.5 Å². The molecule has 1 N–H and O–H groups in total. The Balaban J connectivity index is 1.67. The number of carbonyl (C=O) groups is 1. The van der Waals surface area contributed by atoms with Crippen molar-refractivity contribution in [3.05, 3.63) is 71.9 Å². The second-order valence-corrected chi connectivity index (χ2v) is 6.73. The Bertz CT molecular complexity index is 902. The van der Waals surface area contributed by atoms with E-state index in [0.29, 0.717) is 13.0 Å². The molecule has 0 aliphatic heterocycles. The van der Waals surface area contributed by atoms with E-state index in [9.17, 15) is 4.79 Å². The van der Waals surface area contributed by atoms with Crippen LogP contribution in [0.5, 0.6) is 5.75 Å². The Morgan fingerprint density at radius 2 is 1.85 bits per heavy atom. The smallest absolute Gasteiger partial charge is 0.224 e. The van der Waals surface area contributed by atoms with Gasteiger partial charge in [-0.25, -0.2) is 0 Å². The van der Waals surface area contributed by atoms with Gasteiger partial charge in [-0.3, -0.25) is 9.78 Å². The third-order valence-corrected chi connectivity index (χ3v) is 4.68. The zero-order valence-corrected chi connectivity index (χ0v) is 16.0. The largest absolute Gasteiger partial charge is 0.497 e. The van der Waals surface area contributed by atoms with Gasteiger partial charge in [0.2, 0.25) is 5.91 Å². The van der Waals surface area contributed by atoms with Gasteiger partial charge in [0, 0.05) is 18.1 Å². The summed E-state index contributed by atoms with van der Waals surface area (Å²) in [7, 11) is 5.67. The normalized spacial score (nSPS) is 12.1. The Hall–Kier alpha value is -2.92. The van der Waals surface area contributed by atoms with Crippen LogP contribution in [-0.4, -0.2) is 43.5 Å². The minimum Gasteiger partial charge on any atom is -0.497 e. The molecule has 1 heterocycles. The van der Waals surface area contributed by atoms with Crippen molar-refractivity contribution >= 4 is 16.8 Å². The Labute approximate surface area is 160 Å². The summed E-state index contributed by atoms with van der Waals surface area (Å²) in [6.07, 6.45) is 2.08. The van der Waals surface area contributed by atoms with E-state index in [1.807, 2.05) is 68.7 Å². The van der Waals surface area contributed by atoms with Crippen LogP contribution in [0.1, 0.15) is 17.2 Å². The minimum atomic E-state index is -0.00600. The van der Waals surface area contributed by atoms with Crippen molar-refractivity contribution in [1.29, 1.82) is 0 Å². The number of nitrogens with one attached hydrogen (secondary N) is 1. The molecule has 0 saturated carbocycles. The third-order valence-electron chi connectivity index (χ3n) is 4.68. The molecule has 140 valence electrons. The van der Waals surface area contributed by atoms with Crippen LogP contribution < -0.4 is 10.1 Å². The number of hydrogen-bond donors (Lipinski definition) is 1. The molecule has 0 spiro atoms. The lowest BCUT2D eigenvalue weighted by molar-refractivity contribution is -0.120. The number of likely N-dealkylation sites (N-methyl/N-ethyl adjacent to an activating group) is 1. The lowest BCUT2D eigenvalue weighted by atomic mass is 10.0. The molecule has 0 fully saturated rings. The molecule has 2 aromatic carbocycles. The molecule has 0 saturated heterocycles. The van der Waals surface area contributed by atoms with E-state index in [1.165, 1.54) is 0 Å². The van der Waals surface area contributed by atoms with Crippen molar-refractivity contribution in [1.82, 2.24) is 15.2 Å². The van der Waals surface area contributed by atoms with Crippen LogP contribution in [0.3, 0.4) is 0 Å². The van der Waals surface area contributed by atoms with Crippen LogP contribution in [0, 0.1) is 0 Å². The number of pyridine rings is 1. The van der Waals surface area contributed by atoms with E-state index in [-0.39, 0.29) is 11.9 Å². The van der Waals surface area contributed by atoms with E-state index in [4.69, 9.17) is 4.74 Å². The van der Waals surface area contributed by atoms with E-state index in [2.05, 4.69) is 15.2 Å². The number of hydrogen-bond acceptors (Lipinski definition) is 4. The number of rotatable bonds is 7. The summed E-state index contributed by atoms with van der Waals surface area (Å²) >= 11 is 0. The number of benzene rings is 2. The molecule has 0 radical (unpaired) electrons. The minimum absolute atomic E-state index is 0.00600. The summed E-state index contributed by atoms with van der Waals surface area (Å²) in [4.78, 5) is 19.1. The quantitative estimate of drug-likeness (QED) is 0.700.